The van der Waals surface area contributed by atoms with Crippen LogP contribution in [0.4, 0.5) is 0 Å². The van der Waals surface area contributed by atoms with Gasteiger partial charge in [-0.25, -0.2) is 4.79 Å². The number of carbonyl (C=O) groups is 4. The number of benzene rings is 1. The number of rotatable bonds is 7. The van der Waals surface area contributed by atoms with Crippen LogP contribution in [0.25, 0.3) is 5.57 Å². The van der Waals surface area contributed by atoms with Crippen molar-refractivity contribution in [2.75, 3.05) is 13.3 Å². The quantitative estimate of drug-likeness (QED) is 0.363. The van der Waals surface area contributed by atoms with Crippen molar-refractivity contribution in [3.05, 3.63) is 41.1 Å². The predicted octanol–water partition coefficient (Wildman–Crippen LogP) is 1.85. The van der Waals surface area contributed by atoms with Crippen molar-refractivity contribution >= 4 is 29.3 Å². The highest BCUT2D eigenvalue weighted by molar-refractivity contribution is 6.07. The van der Waals surface area contributed by atoms with E-state index in [0.29, 0.717) is 29.7 Å². The Morgan fingerprint density at radius 2 is 1.94 bits per heavy atom. The van der Waals surface area contributed by atoms with E-state index < -0.39 is 36.2 Å². The van der Waals surface area contributed by atoms with Crippen molar-refractivity contribution in [2.24, 2.45) is 11.3 Å². The van der Waals surface area contributed by atoms with Gasteiger partial charge >= 0.3 is 11.9 Å². The van der Waals surface area contributed by atoms with Gasteiger partial charge in [0, 0.05) is 12.1 Å². The lowest BCUT2D eigenvalue weighted by Gasteiger charge is -2.44. The minimum Gasteiger partial charge on any atom is -0.427 e. The molecule has 2 heterocycles. The third-order valence-corrected chi connectivity index (χ3v) is 5.72. The highest BCUT2D eigenvalue weighted by Gasteiger charge is 2.57. The molecule has 2 N–H and O–H groups in total. The van der Waals surface area contributed by atoms with Gasteiger partial charge in [-0.05, 0) is 64.3 Å². The summed E-state index contributed by atoms with van der Waals surface area (Å²) in [5.74, 6) is -2.59. The zero-order valence-corrected chi connectivity index (χ0v) is 19.5. The minimum absolute atomic E-state index is 0.0433. The highest BCUT2D eigenvalue weighted by Crippen LogP contribution is 2.47. The second kappa shape index (κ2) is 9.35. The fourth-order valence-electron chi connectivity index (χ4n) is 4.05. The van der Waals surface area contributed by atoms with E-state index in [0.717, 1.165) is 0 Å². The summed E-state index contributed by atoms with van der Waals surface area (Å²) in [7, 11) is 0. The summed E-state index contributed by atoms with van der Waals surface area (Å²) in [6, 6.07) is 6.37. The molecule has 2 aliphatic heterocycles. The molecule has 2 amide bonds. The maximum atomic E-state index is 13.0. The van der Waals surface area contributed by atoms with Gasteiger partial charge in [-0.15, -0.1) is 0 Å². The van der Waals surface area contributed by atoms with Gasteiger partial charge in [-0.3, -0.25) is 14.4 Å². The molecule has 0 aromatic heterocycles. The number of amides is 2. The Morgan fingerprint density at radius 1 is 1.24 bits per heavy atom. The van der Waals surface area contributed by atoms with Crippen LogP contribution in [0.2, 0.25) is 0 Å². The normalized spacial score (nSPS) is 20.7. The molecule has 3 atom stereocenters. The molecule has 2 aliphatic rings. The van der Waals surface area contributed by atoms with Crippen LogP contribution in [0.5, 0.6) is 0 Å². The summed E-state index contributed by atoms with van der Waals surface area (Å²) in [5.41, 5.74) is 0.842. The number of carbonyl (C=O) groups excluding carboxylic acids is 4. The Kier molecular flexibility index (Phi) is 6.92. The van der Waals surface area contributed by atoms with Crippen LogP contribution < -0.4 is 5.32 Å². The summed E-state index contributed by atoms with van der Waals surface area (Å²) < 4.78 is 10.2. The van der Waals surface area contributed by atoms with Gasteiger partial charge in [0.05, 0.1) is 23.5 Å². The molecule has 3 rings (SSSR count). The lowest BCUT2D eigenvalue weighted by atomic mass is 9.82. The van der Waals surface area contributed by atoms with E-state index in [4.69, 9.17) is 9.47 Å². The number of esters is 2. The molecule has 9 nitrogen and oxygen atoms in total. The van der Waals surface area contributed by atoms with Crippen LogP contribution in [0.3, 0.4) is 0 Å². The fraction of sp³-hybridized carbons (Fsp3) is 0.500. The van der Waals surface area contributed by atoms with E-state index in [1.165, 1.54) is 11.8 Å². The van der Waals surface area contributed by atoms with Crippen LogP contribution in [0.15, 0.2) is 30.0 Å². The molecule has 1 saturated heterocycles. The molecule has 1 fully saturated rings. The highest BCUT2D eigenvalue weighted by atomic mass is 16.7. The van der Waals surface area contributed by atoms with Crippen LogP contribution in [-0.2, 0) is 23.9 Å². The van der Waals surface area contributed by atoms with Crippen molar-refractivity contribution in [1.29, 1.82) is 0 Å². The average molecular weight is 459 g/mol. The summed E-state index contributed by atoms with van der Waals surface area (Å²) >= 11 is 0. The Bertz CT molecular complexity index is 1010. The van der Waals surface area contributed by atoms with Gasteiger partial charge in [-0.2, -0.15) is 0 Å². The van der Waals surface area contributed by atoms with E-state index >= 15 is 0 Å². The number of aliphatic hydroxyl groups is 1. The van der Waals surface area contributed by atoms with Crippen LogP contribution in [0, 0.1) is 11.3 Å². The Hall–Kier alpha value is -3.20. The van der Waals surface area contributed by atoms with E-state index in [9.17, 15) is 24.3 Å². The summed E-state index contributed by atoms with van der Waals surface area (Å²) in [6.07, 6.45) is -0.545. The van der Waals surface area contributed by atoms with E-state index in [-0.39, 0.29) is 23.6 Å². The zero-order chi connectivity index (χ0) is 24.5. The topological polar surface area (TPSA) is 122 Å². The van der Waals surface area contributed by atoms with Crippen molar-refractivity contribution in [2.45, 2.75) is 53.2 Å². The molecule has 9 heteroatoms. The first-order valence-corrected chi connectivity index (χ1v) is 10.9. The number of nitrogens with one attached hydrogen (secondary N) is 1. The Morgan fingerprint density at radius 3 is 2.55 bits per heavy atom. The molecule has 1 aromatic carbocycles. The zero-order valence-electron chi connectivity index (χ0n) is 19.5. The molecule has 178 valence electrons. The molecule has 33 heavy (non-hydrogen) atoms. The number of ether oxygens (including phenoxy) is 2. The van der Waals surface area contributed by atoms with E-state index in [1.807, 2.05) is 6.92 Å². The monoisotopic (exact) mass is 458 g/mol. The third kappa shape index (κ3) is 4.78. The number of aliphatic hydroxyl groups excluding tert-OH is 1. The first kappa shape index (κ1) is 24.4. The van der Waals surface area contributed by atoms with Crippen molar-refractivity contribution in [1.82, 2.24) is 10.2 Å². The van der Waals surface area contributed by atoms with Crippen LogP contribution in [-0.4, -0.2) is 59.2 Å². The minimum atomic E-state index is -0.871. The number of fused-ring (bicyclic) bond motifs is 1. The molecular formula is C24H30N2O7. The van der Waals surface area contributed by atoms with Gasteiger partial charge in [-0.1, -0.05) is 12.1 Å². The third-order valence-electron chi connectivity index (χ3n) is 5.72. The fourth-order valence-corrected chi connectivity index (χ4v) is 4.05. The van der Waals surface area contributed by atoms with E-state index in [1.54, 1.807) is 45.0 Å². The largest absolute Gasteiger partial charge is 0.427 e. The molecular weight excluding hydrogens is 428 g/mol. The molecule has 0 bridgehead atoms. The first-order chi connectivity index (χ1) is 15.5. The first-order valence-electron chi connectivity index (χ1n) is 10.9. The number of hydrogen-bond acceptors (Lipinski definition) is 7. The number of nitrogens with zero attached hydrogens (tertiary/aromatic N) is 1. The van der Waals surface area contributed by atoms with Gasteiger partial charge in [0.25, 0.3) is 5.91 Å². The standard InChI is InChI=1S/C24H30N2O7/c1-6-25-20(28)15-9-7-8-14(10-15)16-11-17-18(13(2)27)21(29)26(17)19(16)22(30)32-12-33-23(31)24(3,4)5/h7-10,13,17-18,27H,6,11-12H2,1-5H3,(H,25,28). The van der Waals surface area contributed by atoms with E-state index in [2.05, 4.69) is 5.32 Å². The smallest absolute Gasteiger partial charge is 0.358 e. The lowest BCUT2D eigenvalue weighted by molar-refractivity contribution is -0.175. The van der Waals surface area contributed by atoms with Crippen LogP contribution >= 0.6 is 0 Å². The second-order valence-corrected chi connectivity index (χ2v) is 9.24. The lowest BCUT2D eigenvalue weighted by Crippen LogP contribution is -2.61. The Balaban J connectivity index is 1.90. The van der Waals surface area contributed by atoms with Gasteiger partial charge in [0.1, 0.15) is 5.70 Å². The van der Waals surface area contributed by atoms with Gasteiger partial charge in [0.15, 0.2) is 0 Å². The van der Waals surface area contributed by atoms with Gasteiger partial charge in [0.2, 0.25) is 12.7 Å². The molecule has 1 aromatic rings. The maximum absolute atomic E-state index is 13.0. The summed E-state index contributed by atoms with van der Waals surface area (Å²) in [4.78, 5) is 51.3. The number of β-lactam (4-membered cyclic amide) rings is 1. The average Bonchev–Trinajstić information content (AvgIpc) is 3.08. The SMILES string of the molecule is CCNC(=O)c1cccc(C2=C(C(=O)OCOC(=O)C(C)(C)C)N3C(=O)C(C(C)O)C3C2)c1. The molecule has 0 radical (unpaired) electrons. The van der Waals surface area contributed by atoms with Crippen LogP contribution in [0.1, 0.15) is 57.0 Å². The Labute approximate surface area is 192 Å². The van der Waals surface area contributed by atoms with Crippen molar-refractivity contribution in [3.8, 4) is 0 Å². The maximum Gasteiger partial charge on any atom is 0.358 e. The summed E-state index contributed by atoms with van der Waals surface area (Å²) in [5, 5.41) is 12.8. The van der Waals surface area contributed by atoms with Crippen molar-refractivity contribution in [3.63, 3.8) is 0 Å². The molecule has 3 unspecified atom stereocenters. The van der Waals surface area contributed by atoms with Gasteiger partial charge < -0.3 is 24.8 Å². The second-order valence-electron chi connectivity index (χ2n) is 9.24. The molecule has 0 spiro atoms. The number of hydrogen-bond donors (Lipinski definition) is 2. The summed E-state index contributed by atoms with van der Waals surface area (Å²) in [6.45, 7) is 8.27. The molecule has 0 saturated carbocycles. The van der Waals surface area contributed by atoms with Crippen molar-refractivity contribution < 1.29 is 33.8 Å². The molecule has 0 aliphatic carbocycles. The predicted molar refractivity (Wildman–Crippen MR) is 118 cm³/mol.